The van der Waals surface area contributed by atoms with Crippen LogP contribution in [-0.2, 0) is 18.9 Å². The molecule has 0 spiro atoms. The first-order valence-corrected chi connectivity index (χ1v) is 11.7. The third kappa shape index (κ3) is 8.35. The summed E-state index contributed by atoms with van der Waals surface area (Å²) in [6, 6.07) is 13.8. The van der Waals surface area contributed by atoms with E-state index in [1.54, 1.807) is 48.5 Å². The van der Waals surface area contributed by atoms with E-state index >= 15 is 0 Å². The van der Waals surface area contributed by atoms with Crippen LogP contribution in [-0.4, -0.2) is 63.8 Å². The van der Waals surface area contributed by atoms with E-state index in [1.165, 1.54) is 0 Å². The van der Waals surface area contributed by atoms with Crippen LogP contribution in [0.25, 0.3) is 0 Å². The summed E-state index contributed by atoms with van der Waals surface area (Å²) in [7, 11) is 0. The molecule has 2 aromatic carbocycles. The molecule has 2 unspecified atom stereocenters. The molecule has 2 saturated heterocycles. The lowest BCUT2D eigenvalue weighted by Gasteiger charge is -2.08. The molecule has 2 aliphatic rings. The van der Waals surface area contributed by atoms with Crippen LogP contribution in [0, 0.1) is 0 Å². The van der Waals surface area contributed by atoms with Crippen molar-refractivity contribution in [3.63, 3.8) is 0 Å². The summed E-state index contributed by atoms with van der Waals surface area (Å²) in [5.41, 5.74) is 0.997. The van der Waals surface area contributed by atoms with Crippen LogP contribution in [0.5, 0.6) is 11.5 Å². The number of epoxide rings is 2. The molecule has 0 amide bonds. The SMILES string of the molecule is O=C(OCCCCCCOC(=O)c1ccc(OCC2CO2)cc1)c1ccc(OCC2CO2)cc1. The van der Waals surface area contributed by atoms with E-state index in [-0.39, 0.29) is 24.1 Å². The van der Waals surface area contributed by atoms with Gasteiger partial charge in [0.25, 0.3) is 0 Å². The van der Waals surface area contributed by atoms with Crippen molar-refractivity contribution in [2.24, 2.45) is 0 Å². The minimum Gasteiger partial charge on any atom is -0.491 e. The van der Waals surface area contributed by atoms with E-state index in [9.17, 15) is 9.59 Å². The van der Waals surface area contributed by atoms with Gasteiger partial charge in [-0.15, -0.1) is 0 Å². The Morgan fingerprint density at radius 1 is 0.647 bits per heavy atom. The Morgan fingerprint density at radius 3 is 1.38 bits per heavy atom. The van der Waals surface area contributed by atoms with Crippen molar-refractivity contribution in [3.05, 3.63) is 59.7 Å². The van der Waals surface area contributed by atoms with Crippen LogP contribution in [0.3, 0.4) is 0 Å². The summed E-state index contributed by atoms with van der Waals surface area (Å²) in [5.74, 6) is 0.725. The predicted octanol–water partition coefficient (Wildman–Crippen LogP) is 3.82. The number of ether oxygens (including phenoxy) is 6. The van der Waals surface area contributed by atoms with Crippen molar-refractivity contribution in [3.8, 4) is 11.5 Å². The topological polar surface area (TPSA) is 96.1 Å². The Balaban J connectivity index is 1.01. The second-order valence-corrected chi connectivity index (χ2v) is 8.27. The maximum Gasteiger partial charge on any atom is 0.338 e. The largest absolute Gasteiger partial charge is 0.491 e. The van der Waals surface area contributed by atoms with Crippen LogP contribution < -0.4 is 9.47 Å². The number of rotatable bonds is 15. The molecule has 4 rings (SSSR count). The molecule has 0 N–H and O–H groups in total. The summed E-state index contributed by atoms with van der Waals surface area (Å²) < 4.78 is 31.9. The number of unbranched alkanes of at least 4 members (excludes halogenated alkanes) is 3. The average Bonchev–Trinajstić information content (AvgIpc) is 3.79. The Bertz CT molecular complexity index is 839. The number of esters is 2. The normalized spacial score (nSPS) is 18.1. The van der Waals surface area contributed by atoms with Crippen LogP contribution in [0.15, 0.2) is 48.5 Å². The van der Waals surface area contributed by atoms with Gasteiger partial charge in [0.1, 0.15) is 36.9 Å². The van der Waals surface area contributed by atoms with Gasteiger partial charge in [-0.2, -0.15) is 0 Å². The molecule has 8 nitrogen and oxygen atoms in total. The first-order valence-electron chi connectivity index (χ1n) is 11.7. The fourth-order valence-electron chi connectivity index (χ4n) is 3.14. The van der Waals surface area contributed by atoms with Crippen LogP contribution in [0.4, 0.5) is 0 Å². The zero-order chi connectivity index (χ0) is 23.6. The zero-order valence-corrected chi connectivity index (χ0v) is 19.1. The molecule has 34 heavy (non-hydrogen) atoms. The van der Waals surface area contributed by atoms with Crippen LogP contribution in [0.2, 0.25) is 0 Å². The van der Waals surface area contributed by atoms with Gasteiger partial charge < -0.3 is 28.4 Å². The highest BCUT2D eigenvalue weighted by Crippen LogP contribution is 2.18. The lowest BCUT2D eigenvalue weighted by atomic mass is 10.2. The van der Waals surface area contributed by atoms with E-state index in [1.807, 2.05) is 0 Å². The smallest absolute Gasteiger partial charge is 0.338 e. The van der Waals surface area contributed by atoms with Gasteiger partial charge in [-0.3, -0.25) is 0 Å². The average molecular weight is 471 g/mol. The van der Waals surface area contributed by atoms with Gasteiger partial charge in [-0.05, 0) is 74.2 Å². The van der Waals surface area contributed by atoms with Crippen molar-refractivity contribution >= 4 is 11.9 Å². The second kappa shape index (κ2) is 12.4. The third-order valence-corrected chi connectivity index (χ3v) is 5.36. The highest BCUT2D eigenvalue weighted by molar-refractivity contribution is 5.90. The number of carbonyl (C=O) groups excluding carboxylic acids is 2. The van der Waals surface area contributed by atoms with Crippen molar-refractivity contribution in [2.45, 2.75) is 37.9 Å². The molecule has 0 radical (unpaired) electrons. The second-order valence-electron chi connectivity index (χ2n) is 8.27. The number of benzene rings is 2. The first-order chi connectivity index (χ1) is 16.7. The molecule has 0 aromatic heterocycles. The fraction of sp³-hybridized carbons (Fsp3) is 0.462. The van der Waals surface area contributed by atoms with Crippen molar-refractivity contribution < 1.29 is 38.0 Å². The van der Waals surface area contributed by atoms with E-state index in [4.69, 9.17) is 28.4 Å². The molecule has 182 valence electrons. The standard InChI is InChI=1S/C26H30O8/c27-25(19-5-9-21(10-6-19)31-15-23-17-33-23)29-13-3-1-2-4-14-30-26(28)20-7-11-22(12-8-20)32-16-24-18-34-24/h5-12,23-24H,1-4,13-18H2. The van der Waals surface area contributed by atoms with Crippen LogP contribution in [0.1, 0.15) is 46.4 Å². The summed E-state index contributed by atoms with van der Waals surface area (Å²) >= 11 is 0. The fourth-order valence-corrected chi connectivity index (χ4v) is 3.14. The molecular weight excluding hydrogens is 440 g/mol. The lowest BCUT2D eigenvalue weighted by molar-refractivity contribution is 0.0473. The maximum absolute atomic E-state index is 12.1. The molecule has 2 fully saturated rings. The molecular formula is C26H30O8. The van der Waals surface area contributed by atoms with Gasteiger partial charge in [0, 0.05) is 0 Å². The van der Waals surface area contributed by atoms with E-state index in [0.717, 1.165) is 38.9 Å². The Morgan fingerprint density at radius 2 is 1.03 bits per heavy atom. The van der Waals surface area contributed by atoms with Gasteiger partial charge in [0.05, 0.1) is 37.6 Å². The van der Waals surface area contributed by atoms with Gasteiger partial charge in [0.2, 0.25) is 0 Å². The van der Waals surface area contributed by atoms with Crippen molar-refractivity contribution in [1.29, 1.82) is 0 Å². The van der Waals surface area contributed by atoms with Gasteiger partial charge in [0.15, 0.2) is 0 Å². The summed E-state index contributed by atoms with van der Waals surface area (Å²) in [4.78, 5) is 24.2. The van der Waals surface area contributed by atoms with Gasteiger partial charge in [-0.1, -0.05) is 0 Å². The molecule has 0 saturated carbocycles. The van der Waals surface area contributed by atoms with E-state index < -0.39 is 0 Å². The summed E-state index contributed by atoms with van der Waals surface area (Å²) in [5, 5.41) is 0. The highest BCUT2D eigenvalue weighted by Gasteiger charge is 2.23. The molecule has 2 atom stereocenters. The van der Waals surface area contributed by atoms with Gasteiger partial charge in [-0.25, -0.2) is 9.59 Å². The van der Waals surface area contributed by atoms with Gasteiger partial charge >= 0.3 is 11.9 Å². The van der Waals surface area contributed by atoms with Crippen LogP contribution >= 0.6 is 0 Å². The molecule has 2 heterocycles. The maximum atomic E-state index is 12.1. The van der Waals surface area contributed by atoms with Crippen molar-refractivity contribution in [2.75, 3.05) is 39.6 Å². The molecule has 2 aliphatic heterocycles. The molecule has 0 bridgehead atoms. The quantitative estimate of drug-likeness (QED) is 0.220. The van der Waals surface area contributed by atoms with E-state index in [2.05, 4.69) is 0 Å². The highest BCUT2D eigenvalue weighted by atomic mass is 16.6. The first kappa shape index (κ1) is 24.0. The molecule has 8 heteroatoms. The van der Waals surface area contributed by atoms with E-state index in [0.29, 0.717) is 49.1 Å². The summed E-state index contributed by atoms with van der Waals surface area (Å²) in [6.07, 6.45) is 3.68. The minimum absolute atomic E-state index is 0.196. The number of carbonyl (C=O) groups is 2. The third-order valence-electron chi connectivity index (χ3n) is 5.36. The summed E-state index contributed by atoms with van der Waals surface area (Å²) in [6.45, 7) is 3.27. The predicted molar refractivity (Wildman–Crippen MR) is 122 cm³/mol. The minimum atomic E-state index is -0.344. The Hall–Kier alpha value is -3.10. The lowest BCUT2D eigenvalue weighted by Crippen LogP contribution is -2.08. The van der Waals surface area contributed by atoms with Crippen molar-refractivity contribution in [1.82, 2.24) is 0 Å². The molecule has 2 aromatic rings. The number of hydrogen-bond acceptors (Lipinski definition) is 8. The monoisotopic (exact) mass is 470 g/mol. The Kier molecular flexibility index (Phi) is 8.76. The molecule has 0 aliphatic carbocycles. The zero-order valence-electron chi connectivity index (χ0n) is 19.1. The Labute approximate surface area is 199 Å². The number of hydrogen-bond donors (Lipinski definition) is 0.